The van der Waals surface area contributed by atoms with Crippen LogP contribution in [0.3, 0.4) is 0 Å². The van der Waals surface area contributed by atoms with Crippen molar-refractivity contribution in [1.29, 1.82) is 0 Å². The van der Waals surface area contributed by atoms with Crippen molar-refractivity contribution in [2.75, 3.05) is 0 Å². The average molecular weight is 385 g/mol. The minimum Gasteiger partial charge on any atom is -0.271 e. The molecule has 1 atom stereocenters. The Morgan fingerprint density at radius 1 is 0.897 bits per heavy atom. The average Bonchev–Trinajstić information content (AvgIpc) is 3.10. The maximum absolute atomic E-state index is 13.4. The van der Waals surface area contributed by atoms with Gasteiger partial charge in [-0.3, -0.25) is 9.67 Å². The van der Waals surface area contributed by atoms with Crippen LogP contribution in [-0.2, 0) is 13.5 Å². The van der Waals surface area contributed by atoms with Gasteiger partial charge in [-0.25, -0.2) is 4.39 Å². The summed E-state index contributed by atoms with van der Waals surface area (Å²) < 4.78 is 15.4. The fourth-order valence-electron chi connectivity index (χ4n) is 3.78. The molecule has 2 aromatic heterocycles. The first-order chi connectivity index (χ1) is 14.1. The van der Waals surface area contributed by atoms with Crippen molar-refractivity contribution < 1.29 is 4.39 Å². The molecule has 0 fully saturated rings. The fourth-order valence-corrected chi connectivity index (χ4v) is 3.78. The zero-order valence-corrected chi connectivity index (χ0v) is 16.7. The topological polar surface area (TPSA) is 30.7 Å². The van der Waals surface area contributed by atoms with Crippen LogP contribution in [0.5, 0.6) is 0 Å². The number of rotatable bonds is 6. The molecule has 0 saturated carbocycles. The van der Waals surface area contributed by atoms with Gasteiger partial charge in [0.1, 0.15) is 11.5 Å². The molecule has 29 heavy (non-hydrogen) atoms. The van der Waals surface area contributed by atoms with E-state index in [1.54, 1.807) is 24.5 Å². The number of halogens is 1. The predicted octanol–water partition coefficient (Wildman–Crippen LogP) is 6.02. The summed E-state index contributed by atoms with van der Waals surface area (Å²) in [6, 6.07) is 21.2. The van der Waals surface area contributed by atoms with Crippen molar-refractivity contribution in [3.8, 4) is 22.4 Å². The maximum Gasteiger partial charge on any atom is 0.123 e. The molecule has 4 aromatic rings. The van der Waals surface area contributed by atoms with Gasteiger partial charge in [0.2, 0.25) is 0 Å². The van der Waals surface area contributed by atoms with E-state index in [9.17, 15) is 4.39 Å². The van der Waals surface area contributed by atoms with E-state index in [4.69, 9.17) is 5.10 Å². The van der Waals surface area contributed by atoms with Crippen LogP contribution in [0.4, 0.5) is 4.39 Å². The van der Waals surface area contributed by atoms with Gasteiger partial charge in [-0.15, -0.1) is 0 Å². The van der Waals surface area contributed by atoms with E-state index in [0.29, 0.717) is 5.92 Å². The molecule has 0 saturated heterocycles. The van der Waals surface area contributed by atoms with Gasteiger partial charge in [0.05, 0.1) is 0 Å². The second-order valence-corrected chi connectivity index (χ2v) is 7.39. The van der Waals surface area contributed by atoms with Gasteiger partial charge in [-0.2, -0.15) is 5.10 Å². The molecule has 0 aliphatic heterocycles. The van der Waals surface area contributed by atoms with E-state index in [-0.39, 0.29) is 5.82 Å². The van der Waals surface area contributed by atoms with Gasteiger partial charge < -0.3 is 0 Å². The van der Waals surface area contributed by atoms with Crippen LogP contribution >= 0.6 is 0 Å². The van der Waals surface area contributed by atoms with Crippen LogP contribution in [0.2, 0.25) is 0 Å². The van der Waals surface area contributed by atoms with Crippen molar-refractivity contribution in [3.63, 3.8) is 0 Å². The van der Waals surface area contributed by atoms with Crippen LogP contribution in [0.1, 0.15) is 30.5 Å². The van der Waals surface area contributed by atoms with Gasteiger partial charge >= 0.3 is 0 Å². The number of aromatic nitrogens is 3. The Labute approximate surface area is 170 Å². The monoisotopic (exact) mass is 385 g/mol. The highest BCUT2D eigenvalue weighted by atomic mass is 19.1. The van der Waals surface area contributed by atoms with Crippen molar-refractivity contribution in [1.82, 2.24) is 14.8 Å². The molecule has 2 heterocycles. The van der Waals surface area contributed by atoms with Gasteiger partial charge in [0.25, 0.3) is 0 Å². The van der Waals surface area contributed by atoms with E-state index >= 15 is 0 Å². The summed E-state index contributed by atoms with van der Waals surface area (Å²) in [4.78, 5) is 4.16. The van der Waals surface area contributed by atoms with Gasteiger partial charge in [-0.05, 0) is 66.3 Å². The summed E-state index contributed by atoms with van der Waals surface area (Å²) in [6.45, 7) is 2.26. The number of hydrogen-bond donors (Lipinski definition) is 0. The van der Waals surface area contributed by atoms with Crippen molar-refractivity contribution in [3.05, 3.63) is 96.2 Å². The van der Waals surface area contributed by atoms with Crippen LogP contribution in [0.15, 0.2) is 79.1 Å². The Kier molecular flexibility index (Phi) is 5.52. The summed E-state index contributed by atoms with van der Waals surface area (Å²) in [5, 5.41) is 4.81. The highest BCUT2D eigenvalue weighted by Gasteiger charge is 2.20. The predicted molar refractivity (Wildman–Crippen MR) is 115 cm³/mol. The maximum atomic E-state index is 13.4. The molecule has 3 nitrogen and oxygen atoms in total. The van der Waals surface area contributed by atoms with Gasteiger partial charge in [0, 0.05) is 36.3 Å². The third kappa shape index (κ3) is 4.11. The Bertz CT molecular complexity index is 1070. The standard InChI is InChI=1S/C25H24FN3/c1-18(19-6-4-3-5-7-19)8-13-23-24(20-14-16-27-17-15-20)25(28-29(23)2)21-9-11-22(26)12-10-21/h3-7,9-12,14-18H,8,13H2,1-2H3. The second-order valence-electron chi connectivity index (χ2n) is 7.39. The molecular weight excluding hydrogens is 361 g/mol. The SMILES string of the molecule is CC(CCc1c(-c2ccncc2)c(-c2ccc(F)cc2)nn1C)c1ccccc1. The number of benzene rings is 2. The number of pyridine rings is 1. The Hall–Kier alpha value is -3.27. The van der Waals surface area contributed by atoms with E-state index in [2.05, 4.69) is 36.2 Å². The molecule has 0 aliphatic rings. The van der Waals surface area contributed by atoms with E-state index in [1.807, 2.05) is 29.9 Å². The normalized spacial score (nSPS) is 12.1. The lowest BCUT2D eigenvalue weighted by Crippen LogP contribution is -2.03. The molecule has 0 spiro atoms. The minimum atomic E-state index is -0.243. The third-order valence-electron chi connectivity index (χ3n) is 5.44. The lowest BCUT2D eigenvalue weighted by Gasteiger charge is -2.13. The zero-order chi connectivity index (χ0) is 20.2. The summed E-state index contributed by atoms with van der Waals surface area (Å²) in [7, 11) is 1.99. The van der Waals surface area contributed by atoms with Crippen LogP contribution < -0.4 is 0 Å². The molecule has 146 valence electrons. The van der Waals surface area contributed by atoms with E-state index < -0.39 is 0 Å². The lowest BCUT2D eigenvalue weighted by atomic mass is 9.92. The van der Waals surface area contributed by atoms with Crippen LogP contribution in [0.25, 0.3) is 22.4 Å². The lowest BCUT2D eigenvalue weighted by molar-refractivity contribution is 0.627. The molecule has 0 N–H and O–H groups in total. The first-order valence-electron chi connectivity index (χ1n) is 9.90. The molecule has 1 unspecified atom stereocenters. The molecule has 4 heteroatoms. The largest absolute Gasteiger partial charge is 0.271 e. The molecule has 0 amide bonds. The van der Waals surface area contributed by atoms with Crippen molar-refractivity contribution in [2.45, 2.75) is 25.7 Å². The first kappa shape index (κ1) is 19.1. The van der Waals surface area contributed by atoms with Gasteiger partial charge in [0.15, 0.2) is 0 Å². The first-order valence-corrected chi connectivity index (χ1v) is 9.90. The van der Waals surface area contributed by atoms with E-state index in [0.717, 1.165) is 35.2 Å². The highest BCUT2D eigenvalue weighted by Crippen LogP contribution is 2.35. The summed E-state index contributed by atoms with van der Waals surface area (Å²) in [5.74, 6) is 0.206. The number of nitrogens with zero attached hydrogens (tertiary/aromatic N) is 3. The van der Waals surface area contributed by atoms with Crippen molar-refractivity contribution in [2.24, 2.45) is 7.05 Å². The Balaban J connectivity index is 1.72. The van der Waals surface area contributed by atoms with Crippen molar-refractivity contribution >= 4 is 0 Å². The summed E-state index contributed by atoms with van der Waals surface area (Å²) in [5.41, 5.74) is 6.49. The third-order valence-corrected chi connectivity index (χ3v) is 5.44. The highest BCUT2D eigenvalue weighted by molar-refractivity contribution is 5.82. The number of hydrogen-bond acceptors (Lipinski definition) is 2. The summed E-state index contributed by atoms with van der Waals surface area (Å²) in [6.07, 6.45) is 5.52. The van der Waals surface area contributed by atoms with Crippen LogP contribution in [-0.4, -0.2) is 14.8 Å². The smallest absolute Gasteiger partial charge is 0.123 e. The Morgan fingerprint density at radius 3 is 2.28 bits per heavy atom. The Morgan fingerprint density at radius 2 is 1.59 bits per heavy atom. The minimum absolute atomic E-state index is 0.243. The summed E-state index contributed by atoms with van der Waals surface area (Å²) >= 11 is 0. The molecule has 0 radical (unpaired) electrons. The second kappa shape index (κ2) is 8.39. The quantitative estimate of drug-likeness (QED) is 0.406. The van der Waals surface area contributed by atoms with E-state index in [1.165, 1.54) is 23.4 Å². The van der Waals surface area contributed by atoms with Crippen LogP contribution in [0, 0.1) is 5.82 Å². The van der Waals surface area contributed by atoms with Gasteiger partial charge in [-0.1, -0.05) is 37.3 Å². The zero-order valence-electron chi connectivity index (χ0n) is 16.7. The number of aryl methyl sites for hydroxylation is 1. The molecular formula is C25H24FN3. The molecule has 2 aromatic carbocycles. The molecule has 0 bridgehead atoms. The fraction of sp³-hybridized carbons (Fsp3) is 0.200. The molecule has 4 rings (SSSR count). The molecule has 0 aliphatic carbocycles.